The topological polar surface area (TPSA) is 85.2 Å². The molecule has 0 saturated carbocycles. The third kappa shape index (κ3) is 1.60. The maximum absolute atomic E-state index is 12.3. The number of rotatable bonds is 4. The number of carbonyl (C=O) groups excluding carboxylic acids is 1. The van der Waals surface area contributed by atoms with Gasteiger partial charge in [-0.3, -0.25) is 4.79 Å². The second-order valence-corrected chi connectivity index (χ2v) is 5.72. The van der Waals surface area contributed by atoms with E-state index in [4.69, 9.17) is 14.2 Å². The van der Waals surface area contributed by atoms with E-state index in [1.165, 1.54) is 7.11 Å². The number of fused-ring (bicyclic) bond motifs is 1. The predicted molar refractivity (Wildman–Crippen MR) is 65.1 cm³/mol. The average molecular weight is 274 g/mol. The van der Waals surface area contributed by atoms with Gasteiger partial charge in [-0.05, 0) is 6.92 Å². The van der Waals surface area contributed by atoms with Crippen LogP contribution in [0.5, 0.6) is 0 Å². The highest BCUT2D eigenvalue weighted by atomic mass is 16.7. The van der Waals surface area contributed by atoms with E-state index < -0.39 is 35.3 Å². The molecule has 2 saturated heterocycles. The monoisotopic (exact) mass is 274 g/mol. The van der Waals surface area contributed by atoms with E-state index in [0.717, 1.165) is 0 Å². The van der Waals surface area contributed by atoms with E-state index in [-0.39, 0.29) is 19.1 Å². The van der Waals surface area contributed by atoms with Crippen molar-refractivity contribution in [1.82, 2.24) is 0 Å². The van der Waals surface area contributed by atoms with Gasteiger partial charge in [-0.15, -0.1) is 0 Å². The minimum atomic E-state index is -1.15. The molecule has 0 radical (unpaired) electrons. The van der Waals surface area contributed by atoms with Crippen molar-refractivity contribution in [2.24, 2.45) is 17.3 Å². The third-order valence-corrected chi connectivity index (χ3v) is 4.62. The van der Waals surface area contributed by atoms with Crippen LogP contribution in [0.25, 0.3) is 0 Å². The van der Waals surface area contributed by atoms with Crippen molar-refractivity contribution in [1.29, 1.82) is 0 Å². The minimum absolute atomic E-state index is 0.105. The molecular formula is C13H22O6. The lowest BCUT2D eigenvalue weighted by Crippen LogP contribution is -2.54. The summed E-state index contributed by atoms with van der Waals surface area (Å²) in [6.45, 7) is 4.99. The van der Waals surface area contributed by atoms with Crippen LogP contribution in [-0.2, 0) is 19.0 Å². The molecular weight excluding hydrogens is 252 g/mol. The van der Waals surface area contributed by atoms with Crippen molar-refractivity contribution in [3.05, 3.63) is 0 Å². The molecule has 0 aliphatic carbocycles. The summed E-state index contributed by atoms with van der Waals surface area (Å²) in [5.41, 5.74) is -1.03. The van der Waals surface area contributed by atoms with Crippen molar-refractivity contribution < 1.29 is 29.2 Å². The van der Waals surface area contributed by atoms with E-state index in [0.29, 0.717) is 0 Å². The molecule has 2 fully saturated rings. The minimum Gasteiger partial charge on any atom is -0.459 e. The summed E-state index contributed by atoms with van der Waals surface area (Å²) >= 11 is 0. The van der Waals surface area contributed by atoms with Gasteiger partial charge >= 0.3 is 5.97 Å². The van der Waals surface area contributed by atoms with Gasteiger partial charge in [0.25, 0.3) is 0 Å². The van der Waals surface area contributed by atoms with E-state index in [9.17, 15) is 15.0 Å². The van der Waals surface area contributed by atoms with Gasteiger partial charge in [0.15, 0.2) is 5.79 Å². The Morgan fingerprint density at radius 1 is 1.32 bits per heavy atom. The molecule has 19 heavy (non-hydrogen) atoms. The van der Waals surface area contributed by atoms with Gasteiger partial charge in [-0.2, -0.15) is 0 Å². The van der Waals surface area contributed by atoms with Crippen molar-refractivity contribution in [3.8, 4) is 0 Å². The highest BCUT2D eigenvalue weighted by Gasteiger charge is 2.74. The first-order valence-electron chi connectivity index (χ1n) is 6.54. The van der Waals surface area contributed by atoms with Crippen LogP contribution in [0.15, 0.2) is 0 Å². The molecule has 0 spiro atoms. The number of methoxy groups -OCH3 is 1. The fourth-order valence-electron chi connectivity index (χ4n) is 3.78. The molecule has 0 aromatic heterocycles. The van der Waals surface area contributed by atoms with Crippen LogP contribution in [0.4, 0.5) is 0 Å². The molecule has 2 rings (SSSR count). The van der Waals surface area contributed by atoms with Crippen LogP contribution in [-0.4, -0.2) is 54.5 Å². The van der Waals surface area contributed by atoms with Gasteiger partial charge in [0.05, 0.1) is 19.3 Å². The van der Waals surface area contributed by atoms with Gasteiger partial charge in [0, 0.05) is 18.9 Å². The summed E-state index contributed by atoms with van der Waals surface area (Å²) in [5.74, 6) is -2.11. The summed E-state index contributed by atoms with van der Waals surface area (Å²) in [7, 11) is 1.49. The van der Waals surface area contributed by atoms with E-state index >= 15 is 0 Å². The lowest BCUT2D eigenvalue weighted by atomic mass is 9.67. The van der Waals surface area contributed by atoms with Crippen LogP contribution in [0, 0.1) is 17.3 Å². The smallest absolute Gasteiger partial charge is 0.318 e. The number of hydrogen-bond acceptors (Lipinski definition) is 6. The first-order valence-corrected chi connectivity index (χ1v) is 6.54. The molecule has 0 aromatic rings. The average Bonchev–Trinajstić information content (AvgIpc) is 2.80. The maximum atomic E-state index is 12.3. The Balaban J connectivity index is 2.54. The lowest BCUT2D eigenvalue weighted by Gasteiger charge is -2.40. The van der Waals surface area contributed by atoms with Crippen LogP contribution in [0.3, 0.4) is 0 Å². The third-order valence-electron chi connectivity index (χ3n) is 4.62. The Morgan fingerprint density at radius 2 is 1.89 bits per heavy atom. The summed E-state index contributed by atoms with van der Waals surface area (Å²) < 4.78 is 16.7. The first kappa shape index (κ1) is 14.7. The fourth-order valence-corrected chi connectivity index (χ4v) is 3.78. The Kier molecular flexibility index (Phi) is 3.64. The van der Waals surface area contributed by atoms with Gasteiger partial charge in [0.1, 0.15) is 11.5 Å². The number of ether oxygens (including phenoxy) is 3. The lowest BCUT2D eigenvalue weighted by molar-refractivity contribution is -0.278. The van der Waals surface area contributed by atoms with Crippen LogP contribution in [0.2, 0.25) is 0 Å². The second kappa shape index (κ2) is 4.70. The molecule has 6 nitrogen and oxygen atoms in total. The van der Waals surface area contributed by atoms with Crippen molar-refractivity contribution in [2.45, 2.75) is 38.8 Å². The maximum Gasteiger partial charge on any atom is 0.318 e. The molecule has 2 N–H and O–H groups in total. The van der Waals surface area contributed by atoms with E-state index in [1.807, 2.05) is 13.8 Å². The quantitative estimate of drug-likeness (QED) is 0.697. The predicted octanol–water partition coefficient (Wildman–Crippen LogP) is -0.0836. The summed E-state index contributed by atoms with van der Waals surface area (Å²) in [4.78, 5) is 12.3. The number of carbonyl (C=O) groups is 1. The standard InChI is InChI=1S/C13H22O6/c1-7(2)13(17-4)12(3)10(9(6-15)19-13)8(5-14)18-11(12)16/h7-10,14-15H,5-6H2,1-4H3/t8-,9+,10+,12-,13-/m1/s1. The summed E-state index contributed by atoms with van der Waals surface area (Å²) in [6, 6.07) is 0. The second-order valence-electron chi connectivity index (χ2n) is 5.72. The molecule has 0 unspecified atom stereocenters. The summed E-state index contributed by atoms with van der Waals surface area (Å²) in [6.07, 6.45) is -1.25. The van der Waals surface area contributed by atoms with Gasteiger partial charge < -0.3 is 24.4 Å². The molecule has 2 heterocycles. The number of aliphatic hydroxyl groups excluding tert-OH is 2. The number of aliphatic hydroxyl groups is 2. The molecule has 0 aromatic carbocycles. The van der Waals surface area contributed by atoms with E-state index in [2.05, 4.69) is 0 Å². The van der Waals surface area contributed by atoms with Crippen LogP contribution in [0.1, 0.15) is 20.8 Å². The zero-order valence-corrected chi connectivity index (χ0v) is 11.8. The number of cyclic esters (lactones) is 1. The zero-order valence-electron chi connectivity index (χ0n) is 11.8. The Morgan fingerprint density at radius 3 is 2.32 bits per heavy atom. The highest BCUT2D eigenvalue weighted by molar-refractivity contribution is 5.81. The molecule has 6 heteroatoms. The number of hydrogen-bond donors (Lipinski definition) is 2. The van der Waals surface area contributed by atoms with E-state index in [1.54, 1.807) is 6.92 Å². The molecule has 2 aliphatic heterocycles. The van der Waals surface area contributed by atoms with Gasteiger partial charge in [-0.25, -0.2) is 0 Å². The first-order chi connectivity index (χ1) is 8.88. The zero-order chi connectivity index (χ0) is 14.4. The Bertz CT molecular complexity index is 370. The van der Waals surface area contributed by atoms with Crippen molar-refractivity contribution >= 4 is 5.97 Å². The SMILES string of the molecule is CO[C@]1(C(C)C)O[C@@H](CO)[C@@H]2[C@@H](CO)OC(=O)[C@@]21C. The van der Waals surface area contributed by atoms with Gasteiger partial charge in [-0.1, -0.05) is 13.8 Å². The van der Waals surface area contributed by atoms with Crippen molar-refractivity contribution in [2.75, 3.05) is 20.3 Å². The molecule has 0 amide bonds. The Hall–Kier alpha value is -0.690. The normalized spacial score (nSPS) is 45.6. The molecule has 5 atom stereocenters. The van der Waals surface area contributed by atoms with Crippen LogP contribution < -0.4 is 0 Å². The fraction of sp³-hybridized carbons (Fsp3) is 0.923. The summed E-state index contributed by atoms with van der Waals surface area (Å²) in [5, 5.41) is 18.9. The van der Waals surface area contributed by atoms with Gasteiger partial charge in [0.2, 0.25) is 0 Å². The van der Waals surface area contributed by atoms with Crippen LogP contribution >= 0.6 is 0 Å². The molecule has 110 valence electrons. The molecule has 2 aliphatic rings. The Labute approximate surface area is 112 Å². The molecule has 0 bridgehead atoms. The number of esters is 1. The van der Waals surface area contributed by atoms with Crippen molar-refractivity contribution in [3.63, 3.8) is 0 Å². The largest absolute Gasteiger partial charge is 0.459 e. The highest BCUT2D eigenvalue weighted by Crippen LogP contribution is 2.59.